The second-order valence-electron chi connectivity index (χ2n) is 9.53. The van der Waals surface area contributed by atoms with Gasteiger partial charge in [0.15, 0.2) is 0 Å². The van der Waals surface area contributed by atoms with E-state index in [4.69, 9.17) is 18.9 Å². The van der Waals surface area contributed by atoms with Gasteiger partial charge >= 0.3 is 14.2 Å². The van der Waals surface area contributed by atoms with E-state index in [0.29, 0.717) is 50.2 Å². The molecule has 0 aromatic heterocycles. The lowest BCUT2D eigenvalue weighted by Crippen LogP contribution is -2.46. The number of hydrogen-bond donors (Lipinski definition) is 4. The van der Waals surface area contributed by atoms with Gasteiger partial charge in [-0.05, 0) is 67.3 Å². The van der Waals surface area contributed by atoms with Crippen LogP contribution < -0.4 is 21.6 Å². The summed E-state index contributed by atoms with van der Waals surface area (Å²) in [6.07, 6.45) is 3.76. The predicted octanol–water partition coefficient (Wildman–Crippen LogP) is -0.185. The van der Waals surface area contributed by atoms with Crippen LogP contribution in [0.4, 0.5) is 0 Å². The number of hydrogen-bond acceptors (Lipinski definition) is 8. The van der Waals surface area contributed by atoms with Crippen LogP contribution in [0.3, 0.4) is 0 Å². The van der Waals surface area contributed by atoms with Crippen molar-refractivity contribution in [1.29, 1.82) is 0 Å². The van der Waals surface area contributed by atoms with Crippen LogP contribution in [0.15, 0.2) is 36.4 Å². The van der Waals surface area contributed by atoms with E-state index in [0.717, 1.165) is 41.3 Å². The molecule has 1 atom stereocenters. The second kappa shape index (κ2) is 17.3. The van der Waals surface area contributed by atoms with Crippen LogP contribution >= 0.6 is 0 Å². The normalized spacial score (nSPS) is 16.0. The third-order valence-corrected chi connectivity index (χ3v) is 6.50. The largest absolute Gasteiger partial charge is 0.491 e. The highest BCUT2D eigenvalue weighted by atomic mass is 16.5. The van der Waals surface area contributed by atoms with E-state index in [2.05, 4.69) is 10.6 Å². The Kier molecular flexibility index (Phi) is 14.2. The fraction of sp³-hybridized carbons (Fsp3) is 0.429. The molecule has 0 aliphatic carbocycles. The average molecular weight is 567 g/mol. The van der Waals surface area contributed by atoms with Crippen molar-refractivity contribution < 1.29 is 38.5 Å². The number of benzene rings is 2. The van der Waals surface area contributed by atoms with Gasteiger partial charge in [-0.1, -0.05) is 36.8 Å². The van der Waals surface area contributed by atoms with Crippen LogP contribution in [0.25, 0.3) is 0 Å². The Balaban J connectivity index is 0.000000269. The van der Waals surface area contributed by atoms with Crippen molar-refractivity contribution in [2.75, 3.05) is 20.1 Å². The number of nitrogens with one attached hydrogen (secondary N) is 2. The van der Waals surface area contributed by atoms with Crippen molar-refractivity contribution in [2.24, 2.45) is 0 Å². The molecule has 0 spiro atoms. The molecular weight excluding hydrogens is 528 g/mol. The van der Waals surface area contributed by atoms with Gasteiger partial charge in [0.25, 0.3) is 5.91 Å². The molecule has 220 valence electrons. The zero-order valence-electron chi connectivity index (χ0n) is 24.1. The highest BCUT2D eigenvalue weighted by Crippen LogP contribution is 2.21. The first-order chi connectivity index (χ1) is 19.7. The lowest BCUT2D eigenvalue weighted by atomic mass is 9.78. The first-order valence-corrected chi connectivity index (χ1v) is 13.6. The molecule has 5 rings (SSSR count). The van der Waals surface area contributed by atoms with Crippen LogP contribution in [0.5, 0.6) is 0 Å². The van der Waals surface area contributed by atoms with Crippen LogP contribution in [-0.2, 0) is 36.9 Å². The van der Waals surface area contributed by atoms with Gasteiger partial charge in [0.2, 0.25) is 12.3 Å². The number of nitrogens with zero attached hydrogens (tertiary/aromatic N) is 1. The lowest BCUT2D eigenvalue weighted by Gasteiger charge is -2.24. The Morgan fingerprint density at radius 3 is 2.17 bits per heavy atom. The summed E-state index contributed by atoms with van der Waals surface area (Å²) in [6.45, 7) is 7.55. The van der Waals surface area contributed by atoms with Gasteiger partial charge in [0, 0.05) is 25.7 Å². The summed E-state index contributed by atoms with van der Waals surface area (Å²) in [5.41, 5.74) is 5.21. The van der Waals surface area contributed by atoms with Gasteiger partial charge in [-0.15, -0.1) is 0 Å². The highest BCUT2D eigenvalue weighted by molar-refractivity contribution is 6.62. The Morgan fingerprint density at radius 1 is 1.05 bits per heavy atom. The second-order valence-corrected chi connectivity index (χ2v) is 9.53. The van der Waals surface area contributed by atoms with E-state index >= 15 is 0 Å². The SMILES string of the molecule is CC=O.CCCNC(=O)C1CCCN1C(=O)c1ccc2c(c1)B(O)OC2.CNC=O.Cc1ccc2c(c1)B(O)OC2. The van der Waals surface area contributed by atoms with Gasteiger partial charge in [-0.25, -0.2) is 0 Å². The van der Waals surface area contributed by atoms with E-state index in [-0.39, 0.29) is 11.8 Å². The first-order valence-electron chi connectivity index (χ1n) is 13.6. The molecule has 11 nitrogen and oxygen atoms in total. The number of aryl methyl sites for hydroxylation is 1. The Labute approximate surface area is 241 Å². The molecule has 0 bridgehead atoms. The summed E-state index contributed by atoms with van der Waals surface area (Å²) in [7, 11) is -0.114. The number of carbonyl (C=O) groups is 4. The van der Waals surface area contributed by atoms with E-state index in [1.54, 1.807) is 30.1 Å². The molecule has 3 aliphatic rings. The minimum absolute atomic E-state index is 0.0813. The van der Waals surface area contributed by atoms with Crippen molar-refractivity contribution in [1.82, 2.24) is 15.5 Å². The fourth-order valence-electron chi connectivity index (χ4n) is 4.50. The van der Waals surface area contributed by atoms with Gasteiger partial charge < -0.3 is 39.7 Å². The summed E-state index contributed by atoms with van der Waals surface area (Å²) >= 11 is 0. The smallest absolute Gasteiger partial charge is 0.423 e. The molecule has 2 aromatic carbocycles. The molecule has 13 heteroatoms. The lowest BCUT2D eigenvalue weighted by molar-refractivity contribution is -0.124. The van der Waals surface area contributed by atoms with Crippen LogP contribution in [-0.4, -0.2) is 79.9 Å². The van der Waals surface area contributed by atoms with E-state index in [9.17, 15) is 19.6 Å². The van der Waals surface area contributed by atoms with Gasteiger partial charge in [0.1, 0.15) is 12.3 Å². The maximum Gasteiger partial charge on any atom is 0.491 e. The monoisotopic (exact) mass is 567 g/mol. The number of rotatable bonds is 5. The molecule has 2 aromatic rings. The Hall–Kier alpha value is -3.51. The number of likely N-dealkylation sites (tertiary alicyclic amines) is 1. The Morgan fingerprint density at radius 2 is 1.61 bits per heavy atom. The Bertz CT molecular complexity index is 1180. The molecule has 1 saturated heterocycles. The average Bonchev–Trinajstić information content (AvgIpc) is 3.71. The summed E-state index contributed by atoms with van der Waals surface area (Å²) in [5, 5.41) is 24.2. The van der Waals surface area contributed by atoms with E-state index < -0.39 is 20.3 Å². The van der Waals surface area contributed by atoms with Crippen LogP contribution in [0, 0.1) is 6.92 Å². The first kappa shape index (κ1) is 33.7. The number of aldehydes is 1. The maximum absolute atomic E-state index is 12.8. The number of amides is 3. The van der Waals surface area contributed by atoms with Crippen molar-refractivity contribution in [3.8, 4) is 0 Å². The molecule has 1 fully saturated rings. The molecule has 1 unspecified atom stereocenters. The predicted molar refractivity (Wildman–Crippen MR) is 157 cm³/mol. The molecule has 4 N–H and O–H groups in total. The van der Waals surface area contributed by atoms with Crippen molar-refractivity contribution in [2.45, 2.75) is 59.3 Å². The molecular formula is C28H39B2N3O8. The van der Waals surface area contributed by atoms with Gasteiger partial charge in [-0.2, -0.15) is 0 Å². The van der Waals surface area contributed by atoms with E-state index in [1.165, 1.54) is 6.92 Å². The van der Waals surface area contributed by atoms with Crippen molar-refractivity contribution >= 4 is 49.7 Å². The van der Waals surface area contributed by atoms with Crippen molar-refractivity contribution in [3.63, 3.8) is 0 Å². The zero-order valence-corrected chi connectivity index (χ0v) is 24.1. The molecule has 0 saturated carbocycles. The minimum Gasteiger partial charge on any atom is -0.423 e. The summed E-state index contributed by atoms with van der Waals surface area (Å²) < 4.78 is 10.2. The maximum atomic E-state index is 12.8. The number of fused-ring (bicyclic) bond motifs is 2. The van der Waals surface area contributed by atoms with Crippen LogP contribution in [0.1, 0.15) is 60.2 Å². The molecule has 3 heterocycles. The summed E-state index contributed by atoms with van der Waals surface area (Å²) in [4.78, 5) is 44.5. The quantitative estimate of drug-likeness (QED) is 0.287. The zero-order chi connectivity index (χ0) is 30.4. The fourth-order valence-corrected chi connectivity index (χ4v) is 4.50. The minimum atomic E-state index is -0.972. The molecule has 3 aliphatic heterocycles. The number of carbonyl (C=O) groups excluding carboxylic acids is 4. The van der Waals surface area contributed by atoms with Crippen molar-refractivity contribution in [3.05, 3.63) is 58.7 Å². The van der Waals surface area contributed by atoms with Crippen LogP contribution in [0.2, 0.25) is 0 Å². The van der Waals surface area contributed by atoms with Gasteiger partial charge in [0.05, 0.1) is 13.2 Å². The third-order valence-electron chi connectivity index (χ3n) is 6.50. The topological polar surface area (TPSA) is 154 Å². The third kappa shape index (κ3) is 9.53. The van der Waals surface area contributed by atoms with Gasteiger partial charge in [-0.3, -0.25) is 14.4 Å². The standard InChI is InChI=1S/C16H21BN2O4.C8H9BO2.C2H5NO.C2H4O/c1-2-7-18-15(20)14-4-3-8-19(14)16(21)11-5-6-12-10-23-17(22)13(12)9-11;1-6-2-3-7-5-11-9(10)8(7)4-6;1-3-2-4;1-2-3/h5-6,9,14,22H,2-4,7-8,10H2,1H3,(H,18,20);2-4,10H,5H2,1H3;2H,1H3,(H,3,4);2H,1H3. The highest BCUT2D eigenvalue weighted by Gasteiger charge is 2.35. The molecule has 3 amide bonds. The molecule has 41 heavy (non-hydrogen) atoms. The summed E-state index contributed by atoms with van der Waals surface area (Å²) in [5.74, 6) is -0.247. The van der Waals surface area contributed by atoms with E-state index in [1.807, 2.05) is 32.0 Å². The summed E-state index contributed by atoms with van der Waals surface area (Å²) in [6, 6.07) is 10.8. The molecule has 0 radical (unpaired) electrons.